The van der Waals surface area contributed by atoms with E-state index in [0.717, 1.165) is 73.7 Å². The molecule has 1 atom stereocenters. The van der Waals surface area contributed by atoms with Crippen molar-refractivity contribution >= 4 is 11.8 Å². The summed E-state index contributed by atoms with van der Waals surface area (Å²) in [5.41, 5.74) is 3.40. The number of benzene rings is 1. The molecule has 3 aromatic rings. The van der Waals surface area contributed by atoms with Gasteiger partial charge in [-0.15, -0.1) is 0 Å². The number of aromatic nitrogens is 3. The molecule has 2 saturated heterocycles. The molecule has 33 heavy (non-hydrogen) atoms. The van der Waals surface area contributed by atoms with Crippen LogP contribution in [0.15, 0.2) is 48.7 Å². The first-order valence-electron chi connectivity index (χ1n) is 11.8. The third kappa shape index (κ3) is 4.69. The second-order valence-corrected chi connectivity index (χ2v) is 9.15. The van der Waals surface area contributed by atoms with Crippen LogP contribution in [0.1, 0.15) is 32.6 Å². The SMILES string of the molecule is CC1CCCN1c1nc(-c2ccc(F)cc2)cc(-c2ccc(N3CCC(CO)CC3)nc2)n1. The van der Waals surface area contributed by atoms with Crippen LogP contribution in [-0.2, 0) is 0 Å². The van der Waals surface area contributed by atoms with Gasteiger partial charge in [-0.1, -0.05) is 0 Å². The van der Waals surface area contributed by atoms with Gasteiger partial charge in [0, 0.05) is 49.6 Å². The fourth-order valence-corrected chi connectivity index (χ4v) is 4.78. The minimum absolute atomic E-state index is 0.260. The van der Waals surface area contributed by atoms with Gasteiger partial charge in [-0.2, -0.15) is 0 Å². The van der Waals surface area contributed by atoms with E-state index in [1.807, 2.05) is 18.3 Å². The van der Waals surface area contributed by atoms with E-state index < -0.39 is 0 Å². The van der Waals surface area contributed by atoms with Gasteiger partial charge in [-0.3, -0.25) is 0 Å². The molecule has 1 aromatic carbocycles. The maximum atomic E-state index is 13.5. The van der Waals surface area contributed by atoms with E-state index in [2.05, 4.69) is 22.8 Å². The highest BCUT2D eigenvalue weighted by Crippen LogP contribution is 2.30. The maximum Gasteiger partial charge on any atom is 0.226 e. The summed E-state index contributed by atoms with van der Waals surface area (Å²) in [5.74, 6) is 1.81. The first-order valence-corrected chi connectivity index (χ1v) is 11.8. The molecule has 4 heterocycles. The van der Waals surface area contributed by atoms with Gasteiger partial charge in [-0.05, 0) is 81.0 Å². The topological polar surface area (TPSA) is 65.4 Å². The minimum Gasteiger partial charge on any atom is -0.396 e. The van der Waals surface area contributed by atoms with Crippen LogP contribution in [0.2, 0.25) is 0 Å². The van der Waals surface area contributed by atoms with E-state index in [0.29, 0.717) is 17.9 Å². The molecule has 5 rings (SSSR count). The first kappa shape index (κ1) is 21.8. The van der Waals surface area contributed by atoms with Crippen LogP contribution in [-0.4, -0.2) is 52.3 Å². The summed E-state index contributed by atoms with van der Waals surface area (Å²) >= 11 is 0. The lowest BCUT2D eigenvalue weighted by Gasteiger charge is -2.32. The number of pyridine rings is 1. The van der Waals surface area contributed by atoms with Gasteiger partial charge in [0.15, 0.2) is 0 Å². The van der Waals surface area contributed by atoms with Crippen molar-refractivity contribution in [3.8, 4) is 22.5 Å². The largest absolute Gasteiger partial charge is 0.396 e. The van der Waals surface area contributed by atoms with Crippen molar-refractivity contribution in [1.82, 2.24) is 15.0 Å². The summed E-state index contributed by atoms with van der Waals surface area (Å²) in [6.45, 7) is 5.24. The van der Waals surface area contributed by atoms with E-state index in [-0.39, 0.29) is 12.4 Å². The van der Waals surface area contributed by atoms with Gasteiger partial charge in [0.25, 0.3) is 0 Å². The number of hydrogen-bond acceptors (Lipinski definition) is 6. The van der Waals surface area contributed by atoms with E-state index in [4.69, 9.17) is 15.0 Å². The van der Waals surface area contributed by atoms with Crippen molar-refractivity contribution < 1.29 is 9.50 Å². The number of hydrogen-bond donors (Lipinski definition) is 1. The van der Waals surface area contributed by atoms with E-state index in [1.54, 1.807) is 12.1 Å². The highest BCUT2D eigenvalue weighted by atomic mass is 19.1. The van der Waals surface area contributed by atoms with Crippen LogP contribution in [0.3, 0.4) is 0 Å². The Hall–Kier alpha value is -3.06. The highest BCUT2D eigenvalue weighted by molar-refractivity contribution is 5.70. The Labute approximate surface area is 194 Å². The molecule has 6 nitrogen and oxygen atoms in total. The van der Waals surface area contributed by atoms with Crippen LogP contribution in [0, 0.1) is 11.7 Å². The highest BCUT2D eigenvalue weighted by Gasteiger charge is 2.24. The maximum absolute atomic E-state index is 13.5. The zero-order valence-corrected chi connectivity index (χ0v) is 19.0. The monoisotopic (exact) mass is 447 g/mol. The lowest BCUT2D eigenvalue weighted by molar-refractivity contribution is 0.203. The minimum atomic E-state index is -0.260. The Morgan fingerprint density at radius 1 is 0.939 bits per heavy atom. The molecule has 0 spiro atoms. The Bertz CT molecular complexity index is 1080. The lowest BCUT2D eigenvalue weighted by atomic mass is 9.98. The molecule has 0 amide bonds. The molecule has 0 bridgehead atoms. The quantitative estimate of drug-likeness (QED) is 0.619. The number of piperidine rings is 1. The third-order valence-electron chi connectivity index (χ3n) is 6.90. The zero-order chi connectivity index (χ0) is 22.8. The van der Waals surface area contributed by atoms with Crippen molar-refractivity contribution in [1.29, 1.82) is 0 Å². The predicted molar refractivity (Wildman–Crippen MR) is 129 cm³/mol. The molecular weight excluding hydrogens is 417 g/mol. The second kappa shape index (κ2) is 9.43. The van der Waals surface area contributed by atoms with Gasteiger partial charge in [0.2, 0.25) is 5.95 Å². The summed E-state index contributed by atoms with van der Waals surface area (Å²) in [7, 11) is 0. The molecule has 2 aromatic heterocycles. The molecular formula is C26H30FN5O. The Kier molecular flexibility index (Phi) is 6.22. The zero-order valence-electron chi connectivity index (χ0n) is 19.0. The Morgan fingerprint density at radius 2 is 1.64 bits per heavy atom. The van der Waals surface area contributed by atoms with Crippen LogP contribution in [0.25, 0.3) is 22.5 Å². The fraction of sp³-hybridized carbons (Fsp3) is 0.423. The van der Waals surface area contributed by atoms with Gasteiger partial charge in [0.1, 0.15) is 11.6 Å². The standard InChI is InChI=1S/C26H30FN5O/c1-18-3-2-12-32(18)26-29-23(20-4-7-22(27)8-5-20)15-24(30-26)21-6-9-25(28-16-21)31-13-10-19(17-33)11-14-31/h4-9,15-16,18-19,33H,2-3,10-14,17H2,1H3. The van der Waals surface area contributed by atoms with Gasteiger partial charge in [-0.25, -0.2) is 19.3 Å². The summed E-state index contributed by atoms with van der Waals surface area (Å²) in [6, 6.07) is 12.9. The molecule has 0 aliphatic carbocycles. The molecule has 0 saturated carbocycles. The molecule has 7 heteroatoms. The van der Waals surface area contributed by atoms with Crippen LogP contribution >= 0.6 is 0 Å². The van der Waals surface area contributed by atoms with E-state index >= 15 is 0 Å². The average molecular weight is 448 g/mol. The van der Waals surface area contributed by atoms with Crippen molar-refractivity contribution in [2.24, 2.45) is 5.92 Å². The molecule has 1 unspecified atom stereocenters. The molecule has 1 N–H and O–H groups in total. The molecule has 0 radical (unpaired) electrons. The number of aliphatic hydroxyl groups excluding tert-OH is 1. The fourth-order valence-electron chi connectivity index (χ4n) is 4.78. The summed E-state index contributed by atoms with van der Waals surface area (Å²) in [6.07, 6.45) is 6.11. The summed E-state index contributed by atoms with van der Waals surface area (Å²) in [4.78, 5) is 19.0. The predicted octanol–water partition coefficient (Wildman–Crippen LogP) is 4.54. The van der Waals surface area contributed by atoms with Crippen LogP contribution in [0.4, 0.5) is 16.2 Å². The van der Waals surface area contributed by atoms with Gasteiger partial charge < -0.3 is 14.9 Å². The number of aliphatic hydroxyl groups is 1. The number of nitrogens with zero attached hydrogens (tertiary/aromatic N) is 5. The smallest absolute Gasteiger partial charge is 0.226 e. The normalized spacial score (nSPS) is 19.3. The Balaban J connectivity index is 1.46. The van der Waals surface area contributed by atoms with Crippen LogP contribution < -0.4 is 9.80 Å². The molecule has 2 aliphatic rings. The van der Waals surface area contributed by atoms with Gasteiger partial charge >= 0.3 is 0 Å². The third-order valence-corrected chi connectivity index (χ3v) is 6.90. The lowest BCUT2D eigenvalue weighted by Crippen LogP contribution is -2.35. The Morgan fingerprint density at radius 3 is 2.24 bits per heavy atom. The van der Waals surface area contributed by atoms with Crippen molar-refractivity contribution in [3.63, 3.8) is 0 Å². The number of rotatable bonds is 5. The molecule has 2 fully saturated rings. The second-order valence-electron chi connectivity index (χ2n) is 9.15. The molecule has 172 valence electrons. The number of halogens is 1. The number of anilines is 2. The van der Waals surface area contributed by atoms with E-state index in [1.165, 1.54) is 12.1 Å². The summed E-state index contributed by atoms with van der Waals surface area (Å²) in [5, 5.41) is 9.38. The van der Waals surface area contributed by atoms with E-state index in [9.17, 15) is 9.50 Å². The van der Waals surface area contributed by atoms with Crippen LogP contribution in [0.5, 0.6) is 0 Å². The van der Waals surface area contributed by atoms with Crippen molar-refractivity contribution in [2.75, 3.05) is 36.0 Å². The van der Waals surface area contributed by atoms with Crippen molar-refractivity contribution in [2.45, 2.75) is 38.6 Å². The first-order chi connectivity index (χ1) is 16.1. The molecule has 2 aliphatic heterocycles. The summed E-state index contributed by atoms with van der Waals surface area (Å²) < 4.78 is 13.5. The van der Waals surface area contributed by atoms with Gasteiger partial charge in [0.05, 0.1) is 11.4 Å². The average Bonchev–Trinajstić information content (AvgIpc) is 3.30. The van der Waals surface area contributed by atoms with Crippen molar-refractivity contribution in [3.05, 3.63) is 54.5 Å².